The predicted octanol–water partition coefficient (Wildman–Crippen LogP) is 4.90. The molecule has 4 rings (SSSR count). The number of nitrogens with zero attached hydrogens (tertiary/aromatic N) is 1. The molecule has 1 atom stereocenters. The molecule has 1 aromatic heterocycles. The molecule has 0 spiro atoms. The number of amides is 1. The van der Waals surface area contributed by atoms with Crippen molar-refractivity contribution in [2.24, 2.45) is 0 Å². The molecular formula is C21H21FN2O. The van der Waals surface area contributed by atoms with Crippen LogP contribution in [0.15, 0.2) is 42.5 Å². The lowest BCUT2D eigenvalue weighted by Crippen LogP contribution is -2.30. The standard InChI is InChI=1S/C21H21FN2O/c1-13-5-6-15(10-14(13)2)20-4-3-9-24(20)21(25)19-12-16-11-17(22)7-8-18(16)23-19/h5-8,10-12,20,23H,3-4,9H2,1-2H3. The lowest BCUT2D eigenvalue weighted by molar-refractivity contribution is 0.0730. The Balaban J connectivity index is 1.66. The zero-order valence-electron chi connectivity index (χ0n) is 14.5. The van der Waals surface area contributed by atoms with Gasteiger partial charge < -0.3 is 9.88 Å². The fourth-order valence-electron chi connectivity index (χ4n) is 3.70. The van der Waals surface area contributed by atoms with E-state index in [2.05, 4.69) is 37.0 Å². The Morgan fingerprint density at radius 1 is 1.12 bits per heavy atom. The summed E-state index contributed by atoms with van der Waals surface area (Å²) in [5.41, 5.74) is 5.01. The van der Waals surface area contributed by atoms with Crippen LogP contribution in [0.4, 0.5) is 4.39 Å². The van der Waals surface area contributed by atoms with Crippen molar-refractivity contribution in [1.82, 2.24) is 9.88 Å². The highest BCUT2D eigenvalue weighted by Crippen LogP contribution is 2.34. The molecule has 1 saturated heterocycles. The molecule has 4 heteroatoms. The van der Waals surface area contributed by atoms with Gasteiger partial charge in [0.05, 0.1) is 6.04 Å². The van der Waals surface area contributed by atoms with E-state index in [-0.39, 0.29) is 17.8 Å². The number of aromatic amines is 1. The lowest BCUT2D eigenvalue weighted by atomic mass is 9.99. The van der Waals surface area contributed by atoms with Crippen LogP contribution in [0.25, 0.3) is 10.9 Å². The topological polar surface area (TPSA) is 36.1 Å². The van der Waals surface area contributed by atoms with E-state index in [1.165, 1.54) is 28.8 Å². The van der Waals surface area contributed by atoms with Gasteiger partial charge in [0.1, 0.15) is 11.5 Å². The maximum atomic E-state index is 13.4. The number of aromatic nitrogens is 1. The van der Waals surface area contributed by atoms with Crippen LogP contribution in [-0.4, -0.2) is 22.3 Å². The third-order valence-corrected chi connectivity index (χ3v) is 5.24. The predicted molar refractivity (Wildman–Crippen MR) is 97.2 cm³/mol. The summed E-state index contributed by atoms with van der Waals surface area (Å²) in [4.78, 5) is 18.1. The molecular weight excluding hydrogens is 315 g/mol. The van der Waals surface area contributed by atoms with Gasteiger partial charge in [-0.1, -0.05) is 18.2 Å². The summed E-state index contributed by atoms with van der Waals surface area (Å²) < 4.78 is 13.4. The molecule has 0 saturated carbocycles. The van der Waals surface area contributed by atoms with Gasteiger partial charge in [0, 0.05) is 17.4 Å². The second kappa shape index (κ2) is 6.03. The van der Waals surface area contributed by atoms with Gasteiger partial charge in [0.2, 0.25) is 0 Å². The minimum atomic E-state index is -0.292. The Morgan fingerprint density at radius 2 is 1.96 bits per heavy atom. The first-order chi connectivity index (χ1) is 12.0. The molecule has 3 nitrogen and oxygen atoms in total. The molecule has 1 fully saturated rings. The highest BCUT2D eigenvalue weighted by atomic mass is 19.1. The van der Waals surface area contributed by atoms with Gasteiger partial charge in [0.25, 0.3) is 5.91 Å². The highest BCUT2D eigenvalue weighted by molar-refractivity contribution is 5.98. The van der Waals surface area contributed by atoms with Gasteiger partial charge in [-0.3, -0.25) is 4.79 Å². The molecule has 2 aromatic carbocycles. The van der Waals surface area contributed by atoms with Gasteiger partial charge in [-0.15, -0.1) is 0 Å². The molecule has 128 valence electrons. The average Bonchev–Trinajstić information content (AvgIpc) is 3.23. The van der Waals surface area contributed by atoms with E-state index in [4.69, 9.17) is 0 Å². The van der Waals surface area contributed by atoms with Crippen molar-refractivity contribution in [3.8, 4) is 0 Å². The van der Waals surface area contributed by atoms with Crippen molar-refractivity contribution in [2.45, 2.75) is 32.7 Å². The monoisotopic (exact) mass is 336 g/mol. The highest BCUT2D eigenvalue weighted by Gasteiger charge is 2.31. The summed E-state index contributed by atoms with van der Waals surface area (Å²) in [5, 5.41) is 0.727. The molecule has 25 heavy (non-hydrogen) atoms. The van der Waals surface area contributed by atoms with E-state index in [1.54, 1.807) is 12.1 Å². The van der Waals surface area contributed by atoms with E-state index in [0.717, 1.165) is 30.3 Å². The number of likely N-dealkylation sites (tertiary alicyclic amines) is 1. The normalized spacial score (nSPS) is 17.4. The summed E-state index contributed by atoms with van der Waals surface area (Å²) in [6.07, 6.45) is 1.97. The maximum absolute atomic E-state index is 13.4. The van der Waals surface area contributed by atoms with Gasteiger partial charge in [-0.2, -0.15) is 0 Å². The summed E-state index contributed by atoms with van der Waals surface area (Å²) in [6.45, 7) is 4.95. The van der Waals surface area contributed by atoms with Crippen LogP contribution in [0.5, 0.6) is 0 Å². The van der Waals surface area contributed by atoms with E-state index in [1.807, 2.05) is 4.90 Å². The number of carbonyl (C=O) groups is 1. The molecule has 1 aliphatic rings. The Hall–Kier alpha value is -2.62. The van der Waals surface area contributed by atoms with Crippen molar-refractivity contribution in [2.75, 3.05) is 6.54 Å². The van der Waals surface area contributed by atoms with Gasteiger partial charge >= 0.3 is 0 Å². The van der Waals surface area contributed by atoms with Crippen LogP contribution in [0, 0.1) is 19.7 Å². The van der Waals surface area contributed by atoms with E-state index >= 15 is 0 Å². The third kappa shape index (κ3) is 2.82. The number of halogens is 1. The summed E-state index contributed by atoms with van der Waals surface area (Å²) in [7, 11) is 0. The number of H-pyrrole nitrogens is 1. The molecule has 1 aliphatic heterocycles. The van der Waals surface area contributed by atoms with Crippen molar-refractivity contribution in [3.05, 3.63) is 70.7 Å². The average molecular weight is 336 g/mol. The van der Waals surface area contributed by atoms with Crippen LogP contribution in [0.1, 0.15) is 46.1 Å². The van der Waals surface area contributed by atoms with Crippen molar-refractivity contribution < 1.29 is 9.18 Å². The van der Waals surface area contributed by atoms with E-state index in [9.17, 15) is 9.18 Å². The third-order valence-electron chi connectivity index (χ3n) is 5.24. The number of nitrogens with one attached hydrogen (secondary N) is 1. The molecule has 0 radical (unpaired) electrons. The second-order valence-electron chi connectivity index (χ2n) is 6.91. The zero-order chi connectivity index (χ0) is 17.6. The van der Waals surface area contributed by atoms with Crippen LogP contribution < -0.4 is 0 Å². The molecule has 1 unspecified atom stereocenters. The number of aryl methyl sites for hydroxylation is 2. The van der Waals surface area contributed by atoms with Crippen LogP contribution in [0.2, 0.25) is 0 Å². The Kier molecular flexibility index (Phi) is 3.83. The number of benzene rings is 2. The molecule has 1 amide bonds. The first-order valence-corrected chi connectivity index (χ1v) is 8.69. The minimum Gasteiger partial charge on any atom is -0.351 e. The van der Waals surface area contributed by atoms with Crippen molar-refractivity contribution in [3.63, 3.8) is 0 Å². The Morgan fingerprint density at radius 3 is 2.76 bits per heavy atom. The molecule has 2 heterocycles. The van der Waals surface area contributed by atoms with Gasteiger partial charge in [-0.25, -0.2) is 4.39 Å². The smallest absolute Gasteiger partial charge is 0.270 e. The first kappa shape index (κ1) is 15.9. The fourth-order valence-corrected chi connectivity index (χ4v) is 3.70. The van der Waals surface area contributed by atoms with Crippen LogP contribution in [-0.2, 0) is 0 Å². The summed E-state index contributed by atoms with van der Waals surface area (Å²) in [5.74, 6) is -0.308. The lowest BCUT2D eigenvalue weighted by Gasteiger charge is -2.25. The first-order valence-electron chi connectivity index (χ1n) is 8.69. The molecule has 0 aliphatic carbocycles. The van der Waals surface area contributed by atoms with E-state index < -0.39 is 0 Å². The number of fused-ring (bicyclic) bond motifs is 1. The molecule has 0 bridgehead atoms. The van der Waals surface area contributed by atoms with Gasteiger partial charge in [-0.05, 0) is 67.6 Å². The van der Waals surface area contributed by atoms with Gasteiger partial charge in [0.15, 0.2) is 0 Å². The Labute approximate surface area is 146 Å². The van der Waals surface area contributed by atoms with Crippen LogP contribution >= 0.6 is 0 Å². The van der Waals surface area contributed by atoms with E-state index in [0.29, 0.717) is 5.69 Å². The maximum Gasteiger partial charge on any atom is 0.270 e. The fraction of sp³-hybridized carbons (Fsp3) is 0.286. The number of hydrogen-bond acceptors (Lipinski definition) is 1. The minimum absolute atomic E-state index is 0.0164. The largest absolute Gasteiger partial charge is 0.351 e. The quantitative estimate of drug-likeness (QED) is 0.710. The molecule has 1 N–H and O–H groups in total. The zero-order valence-corrected chi connectivity index (χ0v) is 14.5. The summed E-state index contributed by atoms with van der Waals surface area (Å²) in [6, 6.07) is 12.8. The van der Waals surface area contributed by atoms with Crippen LogP contribution in [0.3, 0.4) is 0 Å². The Bertz CT molecular complexity index is 960. The van der Waals surface area contributed by atoms with Crippen molar-refractivity contribution >= 4 is 16.8 Å². The van der Waals surface area contributed by atoms with Crippen molar-refractivity contribution in [1.29, 1.82) is 0 Å². The SMILES string of the molecule is Cc1ccc(C2CCCN2C(=O)c2cc3cc(F)ccc3[nH]2)cc1C. The molecule has 3 aromatic rings. The number of carbonyl (C=O) groups excluding carboxylic acids is 1. The second-order valence-corrected chi connectivity index (χ2v) is 6.91. The summed E-state index contributed by atoms with van der Waals surface area (Å²) >= 11 is 0. The number of rotatable bonds is 2. The number of hydrogen-bond donors (Lipinski definition) is 1.